The molecule has 1 saturated carbocycles. The molecular formula is C20H30F2N2O2. The van der Waals surface area contributed by atoms with Crippen LogP contribution in [0.25, 0.3) is 0 Å². The highest BCUT2D eigenvalue weighted by molar-refractivity contribution is 5.56. The molecule has 1 aliphatic carbocycles. The van der Waals surface area contributed by atoms with Crippen molar-refractivity contribution in [3.05, 3.63) is 23.8 Å². The molecule has 26 heavy (non-hydrogen) atoms. The third kappa shape index (κ3) is 4.29. The number of benzene rings is 1. The molecule has 1 heterocycles. The summed E-state index contributed by atoms with van der Waals surface area (Å²) in [6, 6.07) is 2.02. The first-order valence-corrected chi connectivity index (χ1v) is 9.72. The summed E-state index contributed by atoms with van der Waals surface area (Å²) >= 11 is 0. The summed E-state index contributed by atoms with van der Waals surface area (Å²) in [7, 11) is 0. The van der Waals surface area contributed by atoms with Crippen molar-refractivity contribution in [2.45, 2.75) is 70.1 Å². The molecule has 146 valence electrons. The maximum atomic E-state index is 13.4. The first-order valence-electron chi connectivity index (χ1n) is 9.72. The van der Waals surface area contributed by atoms with E-state index < -0.39 is 11.6 Å². The number of hydrogen-bond acceptors (Lipinski definition) is 4. The standard InChI is InChI=1S/C20H30F2N2O2/c1-3-26-15-4-8-20(2,9-5-15)24-10-6-14(7-11-24)23-18-12-16(21)17(22)13-19(18)25/h12-15,23,25H,3-11H2,1-2H3. The van der Waals surface area contributed by atoms with Gasteiger partial charge in [-0.25, -0.2) is 8.78 Å². The zero-order chi connectivity index (χ0) is 18.7. The van der Waals surface area contributed by atoms with Gasteiger partial charge in [0.05, 0.1) is 11.8 Å². The van der Waals surface area contributed by atoms with Crippen molar-refractivity contribution in [3.63, 3.8) is 0 Å². The highest BCUT2D eigenvalue weighted by Gasteiger charge is 2.38. The van der Waals surface area contributed by atoms with Crippen LogP contribution in [0, 0.1) is 11.6 Å². The minimum atomic E-state index is -1.03. The second-order valence-corrected chi connectivity index (χ2v) is 7.84. The summed E-state index contributed by atoms with van der Waals surface area (Å²) < 4.78 is 32.3. The minimum absolute atomic E-state index is 0.158. The van der Waals surface area contributed by atoms with Crippen LogP contribution in [-0.4, -0.2) is 47.4 Å². The van der Waals surface area contributed by atoms with Gasteiger partial charge >= 0.3 is 0 Å². The van der Waals surface area contributed by atoms with Crippen LogP contribution in [0.4, 0.5) is 14.5 Å². The molecule has 4 nitrogen and oxygen atoms in total. The van der Waals surface area contributed by atoms with E-state index in [0.717, 1.165) is 70.4 Å². The van der Waals surface area contributed by atoms with Crippen LogP contribution < -0.4 is 5.32 Å². The first-order chi connectivity index (χ1) is 12.4. The number of likely N-dealkylation sites (tertiary alicyclic amines) is 1. The average molecular weight is 368 g/mol. The molecule has 1 aromatic carbocycles. The van der Waals surface area contributed by atoms with Crippen LogP contribution in [0.2, 0.25) is 0 Å². The molecule has 6 heteroatoms. The third-order valence-corrected chi connectivity index (χ3v) is 6.07. The molecule has 0 atom stereocenters. The second-order valence-electron chi connectivity index (χ2n) is 7.84. The van der Waals surface area contributed by atoms with E-state index in [2.05, 4.69) is 24.1 Å². The molecule has 3 rings (SSSR count). The Hall–Kier alpha value is -1.40. The number of aromatic hydroxyl groups is 1. The van der Waals surface area contributed by atoms with E-state index in [1.807, 2.05) is 0 Å². The van der Waals surface area contributed by atoms with E-state index in [1.165, 1.54) is 0 Å². The van der Waals surface area contributed by atoms with Gasteiger partial charge in [0.15, 0.2) is 11.6 Å². The second kappa shape index (κ2) is 8.09. The first kappa shape index (κ1) is 19.4. The molecule has 0 spiro atoms. The molecule has 1 saturated heterocycles. The molecule has 0 bridgehead atoms. The van der Waals surface area contributed by atoms with Crippen molar-refractivity contribution in [1.29, 1.82) is 0 Å². The Morgan fingerprint density at radius 3 is 2.38 bits per heavy atom. The predicted octanol–water partition coefficient (Wildman–Crippen LogP) is 4.28. The van der Waals surface area contributed by atoms with E-state index >= 15 is 0 Å². The maximum Gasteiger partial charge on any atom is 0.162 e. The van der Waals surface area contributed by atoms with Gasteiger partial charge < -0.3 is 15.2 Å². The molecule has 2 N–H and O–H groups in total. The third-order valence-electron chi connectivity index (χ3n) is 6.07. The zero-order valence-corrected chi connectivity index (χ0v) is 15.7. The SMILES string of the molecule is CCOC1CCC(C)(N2CCC(Nc3cc(F)c(F)cc3O)CC2)CC1. The molecule has 0 radical (unpaired) electrons. The lowest BCUT2D eigenvalue weighted by Gasteiger charge is -2.48. The topological polar surface area (TPSA) is 44.7 Å². The fourth-order valence-electron chi connectivity index (χ4n) is 4.37. The number of rotatable bonds is 5. The van der Waals surface area contributed by atoms with Crippen LogP contribution in [0.1, 0.15) is 52.4 Å². The highest BCUT2D eigenvalue weighted by atomic mass is 19.2. The molecule has 1 aromatic rings. The molecule has 0 aromatic heterocycles. The van der Waals surface area contributed by atoms with E-state index in [-0.39, 0.29) is 23.0 Å². The number of halogens is 2. The molecule has 2 aliphatic rings. The highest BCUT2D eigenvalue weighted by Crippen LogP contribution is 2.37. The Bertz CT molecular complexity index is 610. The van der Waals surface area contributed by atoms with Crippen molar-refractivity contribution >= 4 is 5.69 Å². The van der Waals surface area contributed by atoms with Crippen molar-refractivity contribution in [1.82, 2.24) is 4.90 Å². The Morgan fingerprint density at radius 2 is 1.77 bits per heavy atom. The van der Waals surface area contributed by atoms with Gasteiger partial charge in [0.25, 0.3) is 0 Å². The Morgan fingerprint density at radius 1 is 1.15 bits per heavy atom. The number of anilines is 1. The smallest absolute Gasteiger partial charge is 0.162 e. The van der Waals surface area contributed by atoms with Crippen LogP contribution in [0.3, 0.4) is 0 Å². The number of nitrogens with one attached hydrogen (secondary N) is 1. The van der Waals surface area contributed by atoms with Gasteiger partial charge in [0.1, 0.15) is 5.75 Å². The van der Waals surface area contributed by atoms with Crippen LogP contribution in [-0.2, 0) is 4.74 Å². The van der Waals surface area contributed by atoms with E-state index in [4.69, 9.17) is 4.74 Å². The van der Waals surface area contributed by atoms with Gasteiger partial charge in [0, 0.05) is 43.4 Å². The molecular weight excluding hydrogens is 338 g/mol. The van der Waals surface area contributed by atoms with Gasteiger partial charge in [-0.3, -0.25) is 4.90 Å². The van der Waals surface area contributed by atoms with E-state index in [0.29, 0.717) is 6.10 Å². The number of phenols is 1. The maximum absolute atomic E-state index is 13.4. The fraction of sp³-hybridized carbons (Fsp3) is 0.700. The fourth-order valence-corrected chi connectivity index (χ4v) is 4.37. The van der Waals surface area contributed by atoms with Crippen LogP contribution in [0.15, 0.2) is 12.1 Å². The summed E-state index contributed by atoms with van der Waals surface area (Å²) in [5.41, 5.74) is 0.494. The summed E-state index contributed by atoms with van der Waals surface area (Å²) in [6.07, 6.45) is 6.78. The molecule has 2 fully saturated rings. The normalized spacial score (nSPS) is 28.2. The lowest BCUT2D eigenvalue weighted by atomic mass is 9.79. The largest absolute Gasteiger partial charge is 0.506 e. The predicted molar refractivity (Wildman–Crippen MR) is 98.5 cm³/mol. The van der Waals surface area contributed by atoms with Gasteiger partial charge in [-0.2, -0.15) is 0 Å². The summed E-state index contributed by atoms with van der Waals surface area (Å²) in [5.74, 6) is -2.22. The van der Waals surface area contributed by atoms with Crippen molar-refractivity contribution in [2.24, 2.45) is 0 Å². The van der Waals surface area contributed by atoms with Gasteiger partial charge in [-0.15, -0.1) is 0 Å². The van der Waals surface area contributed by atoms with Crippen molar-refractivity contribution < 1.29 is 18.6 Å². The van der Waals surface area contributed by atoms with Gasteiger partial charge in [-0.1, -0.05) is 0 Å². The Labute approximate surface area is 154 Å². The number of phenolic OH excluding ortho intramolecular Hbond substituents is 1. The van der Waals surface area contributed by atoms with Crippen LogP contribution in [0.5, 0.6) is 5.75 Å². The Balaban J connectivity index is 1.52. The van der Waals surface area contributed by atoms with Gasteiger partial charge in [-0.05, 0) is 52.4 Å². The number of ether oxygens (including phenoxy) is 1. The van der Waals surface area contributed by atoms with Crippen LogP contribution >= 0.6 is 0 Å². The molecule has 0 unspecified atom stereocenters. The number of hydrogen-bond donors (Lipinski definition) is 2. The van der Waals surface area contributed by atoms with E-state index in [1.54, 1.807) is 0 Å². The minimum Gasteiger partial charge on any atom is -0.506 e. The van der Waals surface area contributed by atoms with Crippen molar-refractivity contribution in [2.75, 3.05) is 25.0 Å². The summed E-state index contributed by atoms with van der Waals surface area (Å²) in [6.45, 7) is 7.13. The van der Waals surface area contributed by atoms with E-state index in [9.17, 15) is 13.9 Å². The zero-order valence-electron chi connectivity index (χ0n) is 15.7. The lowest BCUT2D eigenvalue weighted by Crippen LogP contribution is -2.53. The quantitative estimate of drug-likeness (QED) is 0.762. The number of nitrogens with zero attached hydrogens (tertiary/aromatic N) is 1. The Kier molecular flexibility index (Phi) is 6.03. The van der Waals surface area contributed by atoms with Gasteiger partial charge in [0.2, 0.25) is 0 Å². The summed E-state index contributed by atoms with van der Waals surface area (Å²) in [5, 5.41) is 13.0. The molecule has 1 aliphatic heterocycles. The molecule has 0 amide bonds. The number of piperidine rings is 1. The van der Waals surface area contributed by atoms with Crippen molar-refractivity contribution in [3.8, 4) is 5.75 Å². The average Bonchev–Trinajstić information content (AvgIpc) is 2.62. The lowest BCUT2D eigenvalue weighted by molar-refractivity contribution is -0.0242. The monoisotopic (exact) mass is 368 g/mol. The summed E-state index contributed by atoms with van der Waals surface area (Å²) in [4.78, 5) is 2.57.